The molecule has 0 atom stereocenters. The Labute approximate surface area is 217 Å². The highest BCUT2D eigenvalue weighted by atomic mass is 35.5. The first-order chi connectivity index (χ1) is 17.6. The zero-order valence-corrected chi connectivity index (χ0v) is 21.2. The summed E-state index contributed by atoms with van der Waals surface area (Å²) in [6.07, 6.45) is 0. The molecule has 2 N–H and O–H groups in total. The van der Waals surface area contributed by atoms with Crippen molar-refractivity contribution in [1.82, 2.24) is 14.3 Å². The number of hydrogen-bond acceptors (Lipinski definition) is 5. The molecule has 4 rings (SSSR count). The monoisotopic (exact) mass is 540 g/mol. The molecule has 0 saturated heterocycles. The summed E-state index contributed by atoms with van der Waals surface area (Å²) in [6, 6.07) is 19.0. The standard InChI is InChI=1S/C26H22ClFN4O4S/c1-17-13-24(33)31-26(29-17)19-3-2-4-22(14-19)30-25(34)16-32(15-18-5-9-21(28)10-6-18)37(35,36)23-11-7-20(27)8-12-23/h2-14H,15-16H2,1H3,(H,30,34)(H,29,31,33). The minimum absolute atomic E-state index is 0.0386. The lowest BCUT2D eigenvalue weighted by atomic mass is 10.2. The first kappa shape index (κ1) is 26.2. The predicted molar refractivity (Wildman–Crippen MR) is 139 cm³/mol. The molecule has 190 valence electrons. The Morgan fingerprint density at radius 1 is 1.05 bits per heavy atom. The number of aromatic amines is 1. The summed E-state index contributed by atoms with van der Waals surface area (Å²) in [7, 11) is -4.10. The first-order valence-corrected chi connectivity index (χ1v) is 12.9. The molecule has 0 unspecified atom stereocenters. The van der Waals surface area contributed by atoms with Gasteiger partial charge in [0.2, 0.25) is 15.9 Å². The molecule has 8 nitrogen and oxygen atoms in total. The number of H-pyrrole nitrogens is 1. The number of halogens is 2. The van der Waals surface area contributed by atoms with Crippen LogP contribution in [0.1, 0.15) is 11.3 Å². The number of sulfonamides is 1. The van der Waals surface area contributed by atoms with Crippen LogP contribution in [-0.4, -0.2) is 35.1 Å². The molecule has 1 heterocycles. The van der Waals surface area contributed by atoms with Crippen molar-refractivity contribution in [2.24, 2.45) is 0 Å². The van der Waals surface area contributed by atoms with E-state index in [-0.39, 0.29) is 17.0 Å². The smallest absolute Gasteiger partial charge is 0.251 e. The minimum Gasteiger partial charge on any atom is -0.325 e. The van der Waals surface area contributed by atoms with Gasteiger partial charge in [-0.05, 0) is 61.0 Å². The van der Waals surface area contributed by atoms with Crippen molar-refractivity contribution in [1.29, 1.82) is 0 Å². The van der Waals surface area contributed by atoms with Gasteiger partial charge in [0.05, 0.1) is 11.4 Å². The van der Waals surface area contributed by atoms with E-state index in [2.05, 4.69) is 15.3 Å². The number of benzene rings is 3. The molecule has 0 bridgehead atoms. The van der Waals surface area contributed by atoms with Crippen LogP contribution in [0.5, 0.6) is 0 Å². The molecule has 0 spiro atoms. The second-order valence-corrected chi connectivity index (χ2v) is 10.6. The average molecular weight is 541 g/mol. The summed E-state index contributed by atoms with van der Waals surface area (Å²) in [5, 5.41) is 3.06. The third kappa shape index (κ3) is 6.67. The van der Waals surface area contributed by atoms with E-state index < -0.39 is 28.3 Å². The average Bonchev–Trinajstić information content (AvgIpc) is 2.85. The summed E-state index contributed by atoms with van der Waals surface area (Å²) in [6.45, 7) is 1.03. The van der Waals surface area contributed by atoms with E-state index in [4.69, 9.17) is 11.6 Å². The van der Waals surface area contributed by atoms with Crippen LogP contribution >= 0.6 is 11.6 Å². The van der Waals surface area contributed by atoms with Crippen LogP contribution in [0.4, 0.5) is 10.1 Å². The molecule has 0 saturated carbocycles. The fraction of sp³-hybridized carbons (Fsp3) is 0.115. The molecular weight excluding hydrogens is 519 g/mol. The van der Waals surface area contributed by atoms with Crippen molar-refractivity contribution in [2.75, 3.05) is 11.9 Å². The topological polar surface area (TPSA) is 112 Å². The van der Waals surface area contributed by atoms with Crippen molar-refractivity contribution in [2.45, 2.75) is 18.4 Å². The van der Waals surface area contributed by atoms with Gasteiger partial charge in [0.15, 0.2) is 0 Å². The molecule has 3 aromatic carbocycles. The Kier molecular flexibility index (Phi) is 7.82. The normalized spacial score (nSPS) is 11.5. The summed E-state index contributed by atoms with van der Waals surface area (Å²) in [4.78, 5) is 31.7. The second kappa shape index (κ2) is 11.0. The fourth-order valence-corrected chi connectivity index (χ4v) is 5.11. The number of aryl methyl sites for hydroxylation is 1. The number of amides is 1. The largest absolute Gasteiger partial charge is 0.325 e. The van der Waals surface area contributed by atoms with Crippen LogP contribution in [-0.2, 0) is 21.4 Å². The van der Waals surface area contributed by atoms with Crippen molar-refractivity contribution >= 4 is 33.2 Å². The Morgan fingerprint density at radius 3 is 2.43 bits per heavy atom. The molecule has 11 heteroatoms. The van der Waals surface area contributed by atoms with Gasteiger partial charge >= 0.3 is 0 Å². The molecule has 0 radical (unpaired) electrons. The lowest BCUT2D eigenvalue weighted by Crippen LogP contribution is -2.37. The second-order valence-electron chi connectivity index (χ2n) is 8.22. The van der Waals surface area contributed by atoms with Crippen molar-refractivity contribution in [3.05, 3.63) is 111 Å². The van der Waals surface area contributed by atoms with Gasteiger partial charge in [-0.3, -0.25) is 9.59 Å². The van der Waals surface area contributed by atoms with Crippen LogP contribution in [0, 0.1) is 12.7 Å². The van der Waals surface area contributed by atoms with Gasteiger partial charge in [0.25, 0.3) is 5.56 Å². The molecule has 1 amide bonds. The molecule has 4 aromatic rings. The van der Waals surface area contributed by atoms with Crippen LogP contribution in [0.2, 0.25) is 5.02 Å². The lowest BCUT2D eigenvalue weighted by Gasteiger charge is -2.22. The van der Waals surface area contributed by atoms with E-state index in [1.165, 1.54) is 54.6 Å². The maximum Gasteiger partial charge on any atom is 0.251 e. The van der Waals surface area contributed by atoms with Gasteiger partial charge in [-0.15, -0.1) is 0 Å². The zero-order chi connectivity index (χ0) is 26.6. The Bertz CT molecular complexity index is 1590. The molecule has 37 heavy (non-hydrogen) atoms. The highest BCUT2D eigenvalue weighted by molar-refractivity contribution is 7.89. The summed E-state index contributed by atoms with van der Waals surface area (Å²) in [5.74, 6) is -0.718. The molecular formula is C26H22ClFN4O4S. The summed E-state index contributed by atoms with van der Waals surface area (Å²) >= 11 is 5.90. The third-order valence-electron chi connectivity index (χ3n) is 5.33. The number of aromatic nitrogens is 2. The van der Waals surface area contributed by atoms with Gasteiger partial charge < -0.3 is 10.3 Å². The fourth-order valence-electron chi connectivity index (χ4n) is 3.60. The van der Waals surface area contributed by atoms with Crippen LogP contribution in [0.3, 0.4) is 0 Å². The number of carbonyl (C=O) groups is 1. The SMILES string of the molecule is Cc1cc(=O)[nH]c(-c2cccc(NC(=O)CN(Cc3ccc(F)cc3)S(=O)(=O)c3ccc(Cl)cc3)c2)n1. The highest BCUT2D eigenvalue weighted by Crippen LogP contribution is 2.22. The number of rotatable bonds is 8. The first-order valence-electron chi connectivity index (χ1n) is 11.1. The van der Waals surface area contributed by atoms with Crippen molar-refractivity contribution in [3.8, 4) is 11.4 Å². The molecule has 0 aliphatic rings. The molecule has 0 fully saturated rings. The minimum atomic E-state index is -4.10. The lowest BCUT2D eigenvalue weighted by molar-refractivity contribution is -0.116. The quantitative estimate of drug-likeness (QED) is 0.345. The molecule has 0 aliphatic heterocycles. The number of carbonyl (C=O) groups excluding carboxylic acids is 1. The van der Waals surface area contributed by atoms with Crippen LogP contribution in [0.15, 0.2) is 88.6 Å². The Morgan fingerprint density at radius 2 is 1.76 bits per heavy atom. The predicted octanol–water partition coefficient (Wildman–Crippen LogP) is 4.37. The van der Waals surface area contributed by atoms with E-state index in [0.29, 0.717) is 33.4 Å². The zero-order valence-electron chi connectivity index (χ0n) is 19.6. The van der Waals surface area contributed by atoms with Crippen molar-refractivity contribution in [3.63, 3.8) is 0 Å². The van der Waals surface area contributed by atoms with E-state index in [9.17, 15) is 22.4 Å². The number of nitrogens with one attached hydrogen (secondary N) is 2. The Balaban J connectivity index is 1.58. The van der Waals surface area contributed by atoms with Gasteiger partial charge in [0, 0.05) is 34.6 Å². The van der Waals surface area contributed by atoms with Crippen LogP contribution in [0.25, 0.3) is 11.4 Å². The third-order valence-corrected chi connectivity index (χ3v) is 7.39. The number of hydrogen-bond donors (Lipinski definition) is 2. The van der Waals surface area contributed by atoms with Gasteiger partial charge in [-0.2, -0.15) is 4.31 Å². The van der Waals surface area contributed by atoms with E-state index in [1.807, 2.05) is 0 Å². The number of anilines is 1. The van der Waals surface area contributed by atoms with Gasteiger partial charge in [0.1, 0.15) is 11.6 Å². The summed E-state index contributed by atoms with van der Waals surface area (Å²) in [5.41, 5.74) is 1.69. The van der Waals surface area contributed by atoms with E-state index in [0.717, 1.165) is 4.31 Å². The molecule has 1 aromatic heterocycles. The number of nitrogens with zero attached hydrogens (tertiary/aromatic N) is 2. The van der Waals surface area contributed by atoms with E-state index >= 15 is 0 Å². The maximum absolute atomic E-state index is 13.4. The maximum atomic E-state index is 13.4. The molecule has 0 aliphatic carbocycles. The summed E-state index contributed by atoms with van der Waals surface area (Å²) < 4.78 is 41.2. The highest BCUT2D eigenvalue weighted by Gasteiger charge is 2.27. The van der Waals surface area contributed by atoms with Crippen LogP contribution < -0.4 is 10.9 Å². The van der Waals surface area contributed by atoms with Crippen molar-refractivity contribution < 1.29 is 17.6 Å². The van der Waals surface area contributed by atoms with E-state index in [1.54, 1.807) is 31.2 Å². The van der Waals surface area contributed by atoms with Gasteiger partial charge in [-0.25, -0.2) is 17.8 Å². The Hall–Kier alpha value is -3.86. The van der Waals surface area contributed by atoms with Gasteiger partial charge in [-0.1, -0.05) is 35.9 Å².